The van der Waals surface area contributed by atoms with Gasteiger partial charge in [-0.05, 0) is 74.7 Å². The molecule has 340 valence electrons. The standard InChI is InChI=1S/C40H44N4O17.2Co/c45-29-11-9-23-35(21-5-1-2-6-22(21)38(55)56)24-10-12-30(46)26(16-42-14-4-8-28(40(59)60)44(19-33(51)52)20-34(53)54)37(24)61-36(23)25(29)15-41-13-3-7-27(39(57)58)43(17-31(47)48)18-32(49)50;;/h1-2,5-6,9-12,27-28,41-42,45H,3-4,7-8,13-20H2,(H,47,48)(H,49,50)(H,51,52)(H,53,54)(H,55,56)(H,57,58)(H,59,60);;/q;2*+2. The van der Waals surface area contributed by atoms with Crippen LogP contribution in [0.1, 0.15) is 47.2 Å². The van der Waals surface area contributed by atoms with E-state index in [9.17, 15) is 79.2 Å². The number of fused-ring (bicyclic) bond motifs is 2. The van der Waals surface area contributed by atoms with Crippen LogP contribution in [0.25, 0.3) is 33.4 Å². The molecule has 2 aromatic rings. The van der Waals surface area contributed by atoms with Crippen LogP contribution in [0.5, 0.6) is 5.75 Å². The van der Waals surface area contributed by atoms with Crippen LogP contribution in [0.4, 0.5) is 0 Å². The van der Waals surface area contributed by atoms with E-state index in [4.69, 9.17) is 4.42 Å². The minimum atomic E-state index is -1.44. The first-order valence-corrected chi connectivity index (χ1v) is 18.7. The summed E-state index contributed by atoms with van der Waals surface area (Å²) in [7, 11) is 0. The van der Waals surface area contributed by atoms with Crippen molar-refractivity contribution >= 4 is 52.8 Å². The molecular weight excluding hydrogens is 926 g/mol. The zero-order valence-electron chi connectivity index (χ0n) is 33.1. The largest absolute Gasteiger partial charge is 2.00 e. The number of hydrogen-bond donors (Lipinski definition) is 10. The monoisotopic (exact) mass is 970 g/mol. The average Bonchev–Trinajstić information content (AvgIpc) is 3.16. The third kappa shape index (κ3) is 14.3. The van der Waals surface area contributed by atoms with Gasteiger partial charge >= 0.3 is 75.3 Å². The average molecular weight is 971 g/mol. The van der Waals surface area contributed by atoms with Crippen molar-refractivity contribution in [2.24, 2.45) is 0 Å². The van der Waals surface area contributed by atoms with Gasteiger partial charge in [-0.1, -0.05) is 18.2 Å². The van der Waals surface area contributed by atoms with Gasteiger partial charge in [0, 0.05) is 29.6 Å². The number of phenols is 1. The van der Waals surface area contributed by atoms with E-state index in [-0.39, 0.29) is 125 Å². The van der Waals surface area contributed by atoms with Crippen LogP contribution in [0.15, 0.2) is 57.7 Å². The fourth-order valence-electron chi connectivity index (χ4n) is 7.06. The van der Waals surface area contributed by atoms with Gasteiger partial charge < -0.3 is 55.9 Å². The van der Waals surface area contributed by atoms with Gasteiger partial charge in [-0.3, -0.25) is 43.4 Å². The molecule has 1 heterocycles. The summed E-state index contributed by atoms with van der Waals surface area (Å²) in [6.45, 7) is -3.38. The Balaban J connectivity index is 0.00000683. The Labute approximate surface area is 378 Å². The molecule has 4 rings (SSSR count). The molecule has 2 atom stereocenters. The number of aliphatic carboxylic acids is 6. The molecule has 63 heavy (non-hydrogen) atoms. The number of hydrogen-bond acceptors (Lipinski definition) is 14. The van der Waals surface area contributed by atoms with E-state index >= 15 is 0 Å². The van der Waals surface area contributed by atoms with Crippen LogP contribution in [0.3, 0.4) is 0 Å². The summed E-state index contributed by atoms with van der Waals surface area (Å²) >= 11 is 0. The number of carboxylic acid groups (broad SMARTS) is 7. The van der Waals surface area contributed by atoms with E-state index in [2.05, 4.69) is 10.6 Å². The molecule has 0 bridgehead atoms. The molecule has 0 fully saturated rings. The molecule has 10 N–H and O–H groups in total. The van der Waals surface area contributed by atoms with Crippen molar-refractivity contribution < 1.29 is 112 Å². The first kappa shape index (κ1) is 53.2. The molecule has 0 amide bonds. The predicted octanol–water partition coefficient (Wildman–Crippen LogP) is 1.55. The Morgan fingerprint density at radius 2 is 1.08 bits per heavy atom. The molecule has 21 nitrogen and oxygen atoms in total. The van der Waals surface area contributed by atoms with E-state index in [0.717, 1.165) is 9.80 Å². The molecule has 2 aliphatic rings. The number of aromatic carboxylic acids is 1. The maximum absolute atomic E-state index is 13.5. The second kappa shape index (κ2) is 24.6. The minimum absolute atomic E-state index is 0. The fourth-order valence-corrected chi connectivity index (χ4v) is 7.06. The van der Waals surface area contributed by atoms with Gasteiger partial charge in [-0.25, -0.2) is 4.79 Å². The van der Waals surface area contributed by atoms with Crippen molar-refractivity contribution in [3.63, 3.8) is 0 Å². The second-order valence-electron chi connectivity index (χ2n) is 13.9. The quantitative estimate of drug-likeness (QED) is 0.0315. The third-order valence-electron chi connectivity index (χ3n) is 9.69. The molecule has 2 unspecified atom stereocenters. The van der Waals surface area contributed by atoms with E-state index in [1.165, 1.54) is 36.4 Å². The van der Waals surface area contributed by atoms with E-state index in [0.29, 0.717) is 16.5 Å². The number of benzene rings is 3. The molecular formula is C40H44Co2N4O17+4. The van der Waals surface area contributed by atoms with Crippen molar-refractivity contribution in [2.45, 2.75) is 50.9 Å². The molecule has 1 aliphatic carbocycles. The van der Waals surface area contributed by atoms with E-state index in [1.54, 1.807) is 12.1 Å². The molecule has 2 radical (unpaired) electrons. The first-order valence-electron chi connectivity index (χ1n) is 18.7. The summed E-state index contributed by atoms with van der Waals surface area (Å²) in [5.41, 5.74) is 0.654. The SMILES string of the molecule is O=C(O)CN(CC(=O)O)C(CCCNCc1c2oc3c(CNCCCC(C(=O)O)N(CC(=O)O)CC(=O)O)c(O)ccc3c(-c3ccccc3C(=O)O)c-2ccc1=O)C(=O)O.[Co+2].[Co+2]. The molecule has 0 saturated heterocycles. The Morgan fingerprint density at radius 1 is 0.603 bits per heavy atom. The Kier molecular flexibility index (Phi) is 20.8. The third-order valence-corrected chi connectivity index (χ3v) is 9.69. The molecule has 1 aliphatic heterocycles. The van der Waals surface area contributed by atoms with Gasteiger partial charge in [0.1, 0.15) is 29.2 Å². The van der Waals surface area contributed by atoms with Crippen molar-refractivity contribution in [1.82, 2.24) is 20.4 Å². The van der Waals surface area contributed by atoms with E-state index < -0.39 is 85.5 Å². The number of aromatic hydroxyl groups is 1. The van der Waals surface area contributed by atoms with Gasteiger partial charge in [0.15, 0.2) is 5.43 Å². The number of nitrogens with one attached hydrogen (secondary N) is 2. The summed E-state index contributed by atoms with van der Waals surface area (Å²) < 4.78 is 6.42. The second-order valence-corrected chi connectivity index (χ2v) is 13.9. The smallest absolute Gasteiger partial charge is 0.507 e. The summed E-state index contributed by atoms with van der Waals surface area (Å²) in [6, 6.07) is 8.86. The summed E-state index contributed by atoms with van der Waals surface area (Å²) in [6.07, 6.45) is -0.0618. The molecule has 2 aromatic carbocycles. The van der Waals surface area contributed by atoms with Crippen LogP contribution in [0.2, 0.25) is 0 Å². The minimum Gasteiger partial charge on any atom is -0.507 e. The maximum Gasteiger partial charge on any atom is 2.00 e. The maximum atomic E-state index is 13.5. The number of carbonyl (C=O) groups is 7. The van der Waals surface area contributed by atoms with E-state index in [1.807, 2.05) is 0 Å². The van der Waals surface area contributed by atoms with Crippen molar-refractivity contribution in [1.29, 1.82) is 0 Å². The normalized spacial score (nSPS) is 12.0. The summed E-state index contributed by atoms with van der Waals surface area (Å²) in [4.78, 5) is 96.7. The van der Waals surface area contributed by atoms with Crippen molar-refractivity contribution in [3.8, 4) is 28.2 Å². The molecule has 0 saturated carbocycles. The fraction of sp³-hybridized carbons (Fsp3) is 0.350. The Bertz CT molecular complexity index is 2310. The number of nitrogens with zero attached hydrogens (tertiary/aromatic N) is 2. The van der Waals surface area contributed by atoms with Crippen molar-refractivity contribution in [2.75, 3.05) is 39.3 Å². The van der Waals surface area contributed by atoms with Crippen molar-refractivity contribution in [3.05, 3.63) is 75.4 Å². The van der Waals surface area contributed by atoms with Gasteiger partial charge in [0.25, 0.3) is 0 Å². The van der Waals surface area contributed by atoms with Crippen LogP contribution >= 0.6 is 0 Å². The van der Waals surface area contributed by atoms with Gasteiger partial charge in [0.2, 0.25) is 0 Å². The predicted molar refractivity (Wildman–Crippen MR) is 212 cm³/mol. The molecule has 0 spiro atoms. The topological polar surface area (TPSA) is 342 Å². The Hall–Kier alpha value is -5.93. The Morgan fingerprint density at radius 3 is 1.54 bits per heavy atom. The molecule has 23 heteroatoms. The van der Waals surface area contributed by atoms with Crippen LogP contribution in [0, 0.1) is 0 Å². The summed E-state index contributed by atoms with van der Waals surface area (Å²) in [5, 5.41) is 84.0. The number of rotatable bonds is 26. The number of carboxylic acids is 7. The zero-order valence-corrected chi connectivity index (χ0v) is 35.2. The van der Waals surface area contributed by atoms with Crippen LogP contribution in [-0.4, -0.2) is 144 Å². The van der Waals surface area contributed by atoms with Gasteiger partial charge in [-0.15, -0.1) is 0 Å². The molecule has 0 aromatic heterocycles. The number of phenolic OH excluding ortho intramolecular Hbond substituents is 1. The van der Waals surface area contributed by atoms with Crippen LogP contribution in [-0.2, 0) is 75.4 Å². The van der Waals surface area contributed by atoms with Gasteiger partial charge in [-0.2, -0.15) is 0 Å². The first-order chi connectivity index (χ1) is 28.9. The zero-order chi connectivity index (χ0) is 45.0. The van der Waals surface area contributed by atoms with Crippen LogP contribution < -0.4 is 16.1 Å². The summed E-state index contributed by atoms with van der Waals surface area (Å²) in [5.74, 6) is -9.98. The van der Waals surface area contributed by atoms with Gasteiger partial charge in [0.05, 0.1) is 42.9 Å².